The van der Waals surface area contributed by atoms with Crippen LogP contribution < -0.4 is 0 Å². The summed E-state index contributed by atoms with van der Waals surface area (Å²) in [4.78, 5) is 12.0. The maximum atomic E-state index is 12.8. The van der Waals surface area contributed by atoms with Crippen LogP contribution in [-0.4, -0.2) is 30.6 Å². The Morgan fingerprint density at radius 3 is 2.30 bits per heavy atom. The first-order chi connectivity index (χ1) is 9.44. The van der Waals surface area contributed by atoms with E-state index in [1.165, 1.54) is 4.31 Å². The molecule has 1 saturated carbocycles. The van der Waals surface area contributed by atoms with Crippen molar-refractivity contribution in [1.82, 2.24) is 4.31 Å². The number of carbonyl (C=O) groups is 1. The van der Waals surface area contributed by atoms with Crippen LogP contribution in [0.4, 0.5) is 0 Å². The molecule has 4 nitrogen and oxygen atoms in total. The molecule has 0 radical (unpaired) electrons. The number of benzene rings is 1. The summed E-state index contributed by atoms with van der Waals surface area (Å²) >= 11 is 0. The van der Waals surface area contributed by atoms with Gasteiger partial charge in [-0.1, -0.05) is 17.7 Å². The molecule has 1 aliphatic heterocycles. The molecule has 0 N–H and O–H groups in total. The fourth-order valence-corrected chi connectivity index (χ4v) is 5.00. The highest BCUT2D eigenvalue weighted by Crippen LogP contribution is 2.46. The lowest BCUT2D eigenvalue weighted by atomic mass is 9.71. The molecule has 2 aliphatic rings. The van der Waals surface area contributed by atoms with Crippen LogP contribution in [-0.2, 0) is 14.8 Å². The van der Waals surface area contributed by atoms with Crippen LogP contribution in [0.15, 0.2) is 29.2 Å². The first-order valence-electron chi connectivity index (χ1n) is 7.05. The van der Waals surface area contributed by atoms with Gasteiger partial charge in [-0.25, -0.2) is 8.42 Å². The van der Waals surface area contributed by atoms with E-state index in [2.05, 4.69) is 0 Å². The Hall–Kier alpha value is -1.20. The maximum absolute atomic E-state index is 12.8. The van der Waals surface area contributed by atoms with Crippen LogP contribution in [0.5, 0.6) is 0 Å². The predicted octanol–water partition coefficient (Wildman–Crippen LogP) is 2.27. The average molecular weight is 293 g/mol. The molecular weight excluding hydrogens is 274 g/mol. The lowest BCUT2D eigenvalue weighted by Gasteiger charge is -2.51. The zero-order valence-electron chi connectivity index (χ0n) is 11.6. The van der Waals surface area contributed by atoms with E-state index in [-0.39, 0.29) is 17.9 Å². The zero-order chi connectivity index (χ0) is 14.4. The van der Waals surface area contributed by atoms with Crippen LogP contribution in [0.2, 0.25) is 0 Å². The van der Waals surface area contributed by atoms with Crippen molar-refractivity contribution in [1.29, 1.82) is 0 Å². The highest BCUT2D eigenvalue weighted by molar-refractivity contribution is 7.89. The quantitative estimate of drug-likeness (QED) is 0.840. The van der Waals surface area contributed by atoms with Crippen LogP contribution >= 0.6 is 0 Å². The number of rotatable bonds is 2. The molecule has 1 aromatic rings. The zero-order valence-corrected chi connectivity index (χ0v) is 12.4. The van der Waals surface area contributed by atoms with Gasteiger partial charge in [0.05, 0.1) is 11.4 Å². The van der Waals surface area contributed by atoms with E-state index in [0.29, 0.717) is 17.7 Å². The molecule has 0 amide bonds. The second kappa shape index (κ2) is 4.67. The fourth-order valence-electron chi connectivity index (χ4n) is 3.17. The van der Waals surface area contributed by atoms with E-state index in [9.17, 15) is 13.2 Å². The van der Waals surface area contributed by atoms with E-state index in [4.69, 9.17) is 0 Å². The van der Waals surface area contributed by atoms with Gasteiger partial charge in [0.2, 0.25) is 10.0 Å². The SMILES string of the molecule is Cc1ccc(S(=O)(=O)N2CC(=O)CCC23CCC3)cc1. The molecule has 0 unspecified atom stereocenters. The molecule has 3 rings (SSSR count). The number of carbonyl (C=O) groups excluding carboxylic acids is 1. The second-order valence-electron chi connectivity index (χ2n) is 5.94. The summed E-state index contributed by atoms with van der Waals surface area (Å²) in [5.74, 6) is 0.0261. The minimum atomic E-state index is -3.57. The Balaban J connectivity index is 2.00. The van der Waals surface area contributed by atoms with Gasteiger partial charge in [-0.3, -0.25) is 4.79 Å². The molecule has 5 heteroatoms. The molecule has 0 aromatic heterocycles. The molecule has 1 spiro atoms. The highest BCUT2D eigenvalue weighted by atomic mass is 32.2. The molecule has 108 valence electrons. The summed E-state index contributed by atoms with van der Waals surface area (Å²) < 4.78 is 27.1. The van der Waals surface area contributed by atoms with Crippen molar-refractivity contribution in [3.63, 3.8) is 0 Å². The van der Waals surface area contributed by atoms with E-state index in [1.54, 1.807) is 24.3 Å². The number of piperidine rings is 1. The van der Waals surface area contributed by atoms with Gasteiger partial charge in [0.1, 0.15) is 5.78 Å². The van der Waals surface area contributed by atoms with Crippen molar-refractivity contribution < 1.29 is 13.2 Å². The van der Waals surface area contributed by atoms with Gasteiger partial charge in [-0.15, -0.1) is 0 Å². The van der Waals surface area contributed by atoms with Crippen molar-refractivity contribution >= 4 is 15.8 Å². The third-order valence-corrected chi connectivity index (χ3v) is 6.58. The van der Waals surface area contributed by atoms with Crippen molar-refractivity contribution in [2.24, 2.45) is 0 Å². The largest absolute Gasteiger partial charge is 0.298 e. The third-order valence-electron chi connectivity index (χ3n) is 4.61. The Morgan fingerprint density at radius 1 is 1.10 bits per heavy atom. The first kappa shape index (κ1) is 13.8. The molecule has 1 saturated heterocycles. The van der Waals surface area contributed by atoms with E-state index < -0.39 is 10.0 Å². The van der Waals surface area contributed by atoms with Gasteiger partial charge in [-0.2, -0.15) is 4.31 Å². The van der Waals surface area contributed by atoms with Crippen LogP contribution in [0, 0.1) is 6.92 Å². The van der Waals surface area contributed by atoms with Crippen LogP contribution in [0.25, 0.3) is 0 Å². The molecule has 1 aliphatic carbocycles. The van der Waals surface area contributed by atoms with Gasteiger partial charge in [0.25, 0.3) is 0 Å². The van der Waals surface area contributed by atoms with Crippen molar-refractivity contribution in [3.8, 4) is 0 Å². The summed E-state index contributed by atoms with van der Waals surface area (Å²) in [6.07, 6.45) is 4.00. The summed E-state index contributed by atoms with van der Waals surface area (Å²) in [5, 5.41) is 0. The molecular formula is C15H19NO3S. The number of aryl methyl sites for hydroxylation is 1. The average Bonchev–Trinajstić information content (AvgIpc) is 2.37. The predicted molar refractivity (Wildman–Crippen MR) is 75.9 cm³/mol. The highest BCUT2D eigenvalue weighted by Gasteiger charge is 2.51. The summed E-state index contributed by atoms with van der Waals surface area (Å²) in [7, 11) is -3.57. The number of sulfonamides is 1. The second-order valence-corrected chi connectivity index (χ2v) is 7.80. The summed E-state index contributed by atoms with van der Waals surface area (Å²) in [6, 6.07) is 6.87. The number of nitrogens with zero attached hydrogens (tertiary/aromatic N) is 1. The molecule has 0 atom stereocenters. The Labute approximate surface area is 119 Å². The Morgan fingerprint density at radius 2 is 1.75 bits per heavy atom. The van der Waals surface area contributed by atoms with Gasteiger partial charge >= 0.3 is 0 Å². The van der Waals surface area contributed by atoms with Crippen molar-refractivity contribution in [3.05, 3.63) is 29.8 Å². The molecule has 2 fully saturated rings. The van der Waals surface area contributed by atoms with Crippen LogP contribution in [0.3, 0.4) is 0 Å². The first-order valence-corrected chi connectivity index (χ1v) is 8.49. The minimum Gasteiger partial charge on any atom is -0.298 e. The lowest BCUT2D eigenvalue weighted by molar-refractivity contribution is -0.125. The van der Waals surface area contributed by atoms with Gasteiger partial charge in [0, 0.05) is 12.0 Å². The standard InChI is InChI=1S/C15H19NO3S/c1-12-3-5-14(6-4-12)20(18,19)16-11-13(17)7-10-15(16)8-2-9-15/h3-6H,2,7-11H2,1H3. The monoisotopic (exact) mass is 293 g/mol. The minimum absolute atomic E-state index is 0.0261. The van der Waals surface area contributed by atoms with Crippen molar-refractivity contribution in [2.45, 2.75) is 49.5 Å². The lowest BCUT2D eigenvalue weighted by Crippen LogP contribution is -2.60. The molecule has 1 aromatic carbocycles. The fraction of sp³-hybridized carbons (Fsp3) is 0.533. The number of Topliss-reactive ketones (excluding diaryl/α,β-unsaturated/α-hetero) is 1. The summed E-state index contributed by atoms with van der Waals surface area (Å²) in [5.41, 5.74) is 0.731. The molecule has 0 bridgehead atoms. The van der Waals surface area contributed by atoms with E-state index in [1.807, 2.05) is 6.92 Å². The van der Waals surface area contributed by atoms with Gasteiger partial charge in [0.15, 0.2) is 0 Å². The van der Waals surface area contributed by atoms with Gasteiger partial charge in [-0.05, 0) is 44.7 Å². The normalized spacial score (nSPS) is 22.8. The maximum Gasteiger partial charge on any atom is 0.243 e. The van der Waals surface area contributed by atoms with Crippen molar-refractivity contribution in [2.75, 3.05) is 6.54 Å². The summed E-state index contributed by atoms with van der Waals surface area (Å²) in [6.45, 7) is 1.96. The number of ketones is 1. The Kier molecular flexibility index (Phi) is 3.21. The Bertz CT molecular complexity index is 630. The molecule has 20 heavy (non-hydrogen) atoms. The number of hydrogen-bond acceptors (Lipinski definition) is 3. The van der Waals surface area contributed by atoms with E-state index in [0.717, 1.165) is 24.8 Å². The number of hydrogen-bond donors (Lipinski definition) is 0. The smallest absolute Gasteiger partial charge is 0.243 e. The van der Waals surface area contributed by atoms with Gasteiger partial charge < -0.3 is 0 Å². The van der Waals surface area contributed by atoms with Crippen LogP contribution in [0.1, 0.15) is 37.7 Å². The third kappa shape index (κ3) is 2.09. The van der Waals surface area contributed by atoms with E-state index >= 15 is 0 Å². The topological polar surface area (TPSA) is 54.5 Å². The molecule has 1 heterocycles.